The lowest BCUT2D eigenvalue weighted by Gasteiger charge is -2.22. The van der Waals surface area contributed by atoms with Gasteiger partial charge >= 0.3 is 0 Å². The number of hydrogen-bond donors (Lipinski definition) is 1. The predicted molar refractivity (Wildman–Crippen MR) is 94.0 cm³/mol. The van der Waals surface area contributed by atoms with Crippen LogP contribution >= 0.6 is 0 Å². The number of unbranched alkanes of at least 4 members (excludes halogenated alkanes) is 1. The van der Waals surface area contributed by atoms with E-state index in [1.807, 2.05) is 37.5 Å². The molecule has 4 heteroatoms. The van der Waals surface area contributed by atoms with Gasteiger partial charge in [0.15, 0.2) is 5.96 Å². The van der Waals surface area contributed by atoms with Crippen molar-refractivity contribution < 1.29 is 0 Å². The van der Waals surface area contributed by atoms with E-state index in [0.29, 0.717) is 6.54 Å². The normalized spacial score (nSPS) is 11.5. The molecule has 0 saturated heterocycles. The number of aromatic nitrogens is 1. The molecular formula is C18H24N4. The Hall–Kier alpha value is -2.36. The third-order valence-corrected chi connectivity index (χ3v) is 3.65. The smallest absolute Gasteiger partial charge is 0.193 e. The van der Waals surface area contributed by atoms with Gasteiger partial charge in [-0.15, -0.1) is 6.58 Å². The van der Waals surface area contributed by atoms with Crippen LogP contribution in [0.15, 0.2) is 54.2 Å². The summed E-state index contributed by atoms with van der Waals surface area (Å²) >= 11 is 0. The van der Waals surface area contributed by atoms with E-state index in [4.69, 9.17) is 0 Å². The summed E-state index contributed by atoms with van der Waals surface area (Å²) in [6.07, 6.45) is 5.90. The number of rotatable bonds is 6. The zero-order valence-corrected chi connectivity index (χ0v) is 13.4. The second kappa shape index (κ2) is 8.17. The Morgan fingerprint density at radius 1 is 1.36 bits per heavy atom. The lowest BCUT2D eigenvalue weighted by Crippen LogP contribution is -2.39. The van der Waals surface area contributed by atoms with E-state index in [-0.39, 0.29) is 0 Å². The molecule has 0 saturated carbocycles. The number of hydrogen-bond acceptors (Lipinski definition) is 2. The SMILES string of the molecule is C=CCCCN(C)C(=NC)NCc1nccc2ccccc12. The fourth-order valence-electron chi connectivity index (χ4n) is 2.45. The standard InChI is InChI=1S/C18H24N4/c1-4-5-8-13-22(3)18(19-2)21-14-17-16-10-7-6-9-15(16)11-12-20-17/h4,6-7,9-12H,1,5,8,13-14H2,2-3H3,(H,19,21). The van der Waals surface area contributed by atoms with Gasteiger partial charge in [0.1, 0.15) is 0 Å². The van der Waals surface area contributed by atoms with E-state index in [1.165, 1.54) is 10.8 Å². The van der Waals surface area contributed by atoms with Gasteiger partial charge in [0.2, 0.25) is 0 Å². The van der Waals surface area contributed by atoms with Gasteiger partial charge in [0.25, 0.3) is 0 Å². The van der Waals surface area contributed by atoms with Crippen molar-refractivity contribution in [2.75, 3.05) is 20.6 Å². The molecule has 0 spiro atoms. The molecule has 0 aliphatic heterocycles. The maximum Gasteiger partial charge on any atom is 0.193 e. The van der Waals surface area contributed by atoms with Gasteiger partial charge < -0.3 is 10.2 Å². The fourth-order valence-corrected chi connectivity index (χ4v) is 2.45. The van der Waals surface area contributed by atoms with Crippen LogP contribution in [0, 0.1) is 0 Å². The van der Waals surface area contributed by atoms with Crippen molar-refractivity contribution in [3.63, 3.8) is 0 Å². The highest BCUT2D eigenvalue weighted by molar-refractivity contribution is 5.85. The van der Waals surface area contributed by atoms with Crippen LogP contribution in [0.3, 0.4) is 0 Å². The maximum absolute atomic E-state index is 4.50. The highest BCUT2D eigenvalue weighted by atomic mass is 15.3. The molecule has 0 amide bonds. The molecule has 1 aromatic heterocycles. The van der Waals surface area contributed by atoms with Crippen LogP contribution in [0.1, 0.15) is 18.5 Å². The summed E-state index contributed by atoms with van der Waals surface area (Å²) in [4.78, 5) is 11.0. The topological polar surface area (TPSA) is 40.5 Å². The number of aliphatic imine (C=N–C) groups is 1. The summed E-state index contributed by atoms with van der Waals surface area (Å²) < 4.78 is 0. The largest absolute Gasteiger partial charge is 0.351 e. The van der Waals surface area contributed by atoms with Crippen LogP contribution in [-0.4, -0.2) is 36.5 Å². The third kappa shape index (κ3) is 4.07. The average Bonchev–Trinajstić information content (AvgIpc) is 2.56. The molecule has 0 bridgehead atoms. The highest BCUT2D eigenvalue weighted by Gasteiger charge is 2.07. The van der Waals surface area contributed by atoms with Gasteiger partial charge in [0, 0.05) is 32.2 Å². The summed E-state index contributed by atoms with van der Waals surface area (Å²) in [6, 6.07) is 10.3. The Bertz CT molecular complexity index is 643. The van der Waals surface area contributed by atoms with Crippen LogP contribution in [0.25, 0.3) is 10.8 Å². The quantitative estimate of drug-likeness (QED) is 0.385. The van der Waals surface area contributed by atoms with Crippen LogP contribution in [-0.2, 0) is 6.54 Å². The Kier molecular flexibility index (Phi) is 5.95. The molecule has 2 rings (SSSR count). The first-order chi connectivity index (χ1) is 10.8. The number of nitrogens with zero attached hydrogens (tertiary/aromatic N) is 3. The molecule has 4 nitrogen and oxygen atoms in total. The molecule has 0 unspecified atom stereocenters. The van der Waals surface area contributed by atoms with Crippen molar-refractivity contribution in [1.82, 2.24) is 15.2 Å². The van der Waals surface area contributed by atoms with E-state index in [2.05, 4.69) is 46.0 Å². The molecule has 2 aromatic rings. The number of benzene rings is 1. The first-order valence-electron chi connectivity index (χ1n) is 7.61. The Morgan fingerprint density at radius 3 is 2.95 bits per heavy atom. The van der Waals surface area contributed by atoms with E-state index < -0.39 is 0 Å². The van der Waals surface area contributed by atoms with Crippen molar-refractivity contribution >= 4 is 16.7 Å². The summed E-state index contributed by atoms with van der Waals surface area (Å²) in [5.41, 5.74) is 1.04. The highest BCUT2D eigenvalue weighted by Crippen LogP contribution is 2.15. The molecule has 0 radical (unpaired) electrons. The third-order valence-electron chi connectivity index (χ3n) is 3.65. The monoisotopic (exact) mass is 296 g/mol. The minimum atomic E-state index is 0.666. The van der Waals surface area contributed by atoms with Gasteiger partial charge in [-0.2, -0.15) is 0 Å². The Labute approximate surface area is 132 Å². The lowest BCUT2D eigenvalue weighted by molar-refractivity contribution is 0.469. The number of nitrogens with one attached hydrogen (secondary N) is 1. The first kappa shape index (κ1) is 16.0. The minimum absolute atomic E-state index is 0.666. The van der Waals surface area contributed by atoms with Gasteiger partial charge in [-0.25, -0.2) is 0 Å². The molecule has 0 atom stereocenters. The number of guanidine groups is 1. The van der Waals surface area contributed by atoms with E-state index >= 15 is 0 Å². The molecule has 1 aromatic carbocycles. The van der Waals surface area contributed by atoms with E-state index in [1.54, 1.807) is 0 Å². The van der Waals surface area contributed by atoms with Crippen LogP contribution in [0.5, 0.6) is 0 Å². The molecule has 116 valence electrons. The van der Waals surface area contributed by atoms with Crippen molar-refractivity contribution in [3.8, 4) is 0 Å². The van der Waals surface area contributed by atoms with Gasteiger partial charge in [-0.1, -0.05) is 30.3 Å². The number of allylic oxidation sites excluding steroid dienone is 1. The van der Waals surface area contributed by atoms with Gasteiger partial charge in [-0.05, 0) is 24.3 Å². The maximum atomic E-state index is 4.50. The van der Waals surface area contributed by atoms with Gasteiger partial charge in [-0.3, -0.25) is 9.98 Å². The summed E-state index contributed by atoms with van der Waals surface area (Å²) in [6.45, 7) is 5.37. The van der Waals surface area contributed by atoms with E-state index in [9.17, 15) is 0 Å². The zero-order valence-electron chi connectivity index (χ0n) is 13.4. The Morgan fingerprint density at radius 2 is 2.18 bits per heavy atom. The molecule has 1 heterocycles. The van der Waals surface area contributed by atoms with Crippen molar-refractivity contribution in [3.05, 3.63) is 54.9 Å². The second-order valence-corrected chi connectivity index (χ2v) is 5.23. The average molecular weight is 296 g/mol. The molecule has 0 aliphatic carbocycles. The summed E-state index contributed by atoms with van der Waals surface area (Å²) in [5.74, 6) is 0.888. The van der Waals surface area contributed by atoms with Crippen LogP contribution < -0.4 is 5.32 Å². The van der Waals surface area contributed by atoms with Crippen LogP contribution in [0.2, 0.25) is 0 Å². The lowest BCUT2D eigenvalue weighted by atomic mass is 10.1. The summed E-state index contributed by atoms with van der Waals surface area (Å²) in [7, 11) is 3.86. The first-order valence-corrected chi connectivity index (χ1v) is 7.61. The van der Waals surface area contributed by atoms with Crippen molar-refractivity contribution in [1.29, 1.82) is 0 Å². The predicted octanol–water partition coefficient (Wildman–Crippen LogP) is 3.21. The number of fused-ring (bicyclic) bond motifs is 1. The molecule has 1 N–H and O–H groups in total. The zero-order chi connectivity index (χ0) is 15.8. The van der Waals surface area contributed by atoms with Crippen molar-refractivity contribution in [2.24, 2.45) is 4.99 Å². The number of pyridine rings is 1. The molecular weight excluding hydrogens is 272 g/mol. The van der Waals surface area contributed by atoms with Crippen molar-refractivity contribution in [2.45, 2.75) is 19.4 Å². The Balaban J connectivity index is 2.02. The van der Waals surface area contributed by atoms with Crippen LogP contribution in [0.4, 0.5) is 0 Å². The summed E-state index contributed by atoms with van der Waals surface area (Å²) in [5, 5.41) is 5.79. The van der Waals surface area contributed by atoms with Gasteiger partial charge in [0.05, 0.1) is 12.2 Å². The second-order valence-electron chi connectivity index (χ2n) is 5.23. The minimum Gasteiger partial charge on any atom is -0.351 e. The molecule has 0 aliphatic rings. The fraction of sp³-hybridized carbons (Fsp3) is 0.333. The molecule has 0 fully saturated rings. The van der Waals surface area contributed by atoms with E-state index in [0.717, 1.165) is 31.0 Å². The molecule has 22 heavy (non-hydrogen) atoms.